The van der Waals surface area contributed by atoms with Crippen molar-refractivity contribution < 1.29 is 14.3 Å². The third kappa shape index (κ3) is 2.68. The van der Waals surface area contributed by atoms with Crippen molar-refractivity contribution in [3.8, 4) is 11.5 Å². The van der Waals surface area contributed by atoms with Crippen molar-refractivity contribution in [2.45, 2.75) is 25.8 Å². The lowest BCUT2D eigenvalue weighted by Crippen LogP contribution is -2.31. The minimum Gasteiger partial charge on any atom is -0.486 e. The lowest BCUT2D eigenvalue weighted by molar-refractivity contribution is 0.0723. The molecule has 0 N–H and O–H groups in total. The number of hydrogen-bond acceptors (Lipinski definition) is 6. The van der Waals surface area contributed by atoms with Crippen molar-refractivity contribution in [3.63, 3.8) is 0 Å². The summed E-state index contributed by atoms with van der Waals surface area (Å²) < 4.78 is 12.9. The van der Waals surface area contributed by atoms with Gasteiger partial charge in [0.05, 0.1) is 6.04 Å². The Bertz CT molecular complexity index is 1030. The van der Waals surface area contributed by atoms with Crippen molar-refractivity contribution in [2.75, 3.05) is 19.8 Å². The molecule has 4 heterocycles. The Kier molecular flexibility index (Phi) is 3.70. The summed E-state index contributed by atoms with van der Waals surface area (Å²) >= 11 is 0. The monoisotopic (exact) mass is 365 g/mol. The molecule has 5 rings (SSSR count). The van der Waals surface area contributed by atoms with Crippen LogP contribution in [-0.4, -0.2) is 50.1 Å². The summed E-state index contributed by atoms with van der Waals surface area (Å²) in [6.45, 7) is 3.69. The Morgan fingerprint density at radius 1 is 1.19 bits per heavy atom. The van der Waals surface area contributed by atoms with E-state index < -0.39 is 0 Å². The van der Waals surface area contributed by atoms with Crippen LogP contribution >= 0.6 is 0 Å². The van der Waals surface area contributed by atoms with Crippen LogP contribution in [0.2, 0.25) is 0 Å². The highest BCUT2D eigenvalue weighted by Crippen LogP contribution is 2.38. The molecular formula is C19H19N5O3. The van der Waals surface area contributed by atoms with Crippen LogP contribution in [-0.2, 0) is 0 Å². The van der Waals surface area contributed by atoms with Gasteiger partial charge in [-0.1, -0.05) is 6.07 Å². The van der Waals surface area contributed by atoms with E-state index in [2.05, 4.69) is 15.1 Å². The van der Waals surface area contributed by atoms with Gasteiger partial charge in [0.1, 0.15) is 13.2 Å². The second-order valence-electron chi connectivity index (χ2n) is 6.79. The zero-order chi connectivity index (χ0) is 18.4. The number of aromatic nitrogens is 4. The van der Waals surface area contributed by atoms with Crippen molar-refractivity contribution in [3.05, 3.63) is 47.5 Å². The molecule has 0 saturated carbocycles. The molecule has 1 aromatic carbocycles. The van der Waals surface area contributed by atoms with Gasteiger partial charge in [0.25, 0.3) is 11.7 Å². The number of rotatable bonds is 2. The lowest BCUT2D eigenvalue weighted by Gasteiger charge is -2.25. The highest BCUT2D eigenvalue weighted by atomic mass is 16.6. The van der Waals surface area contributed by atoms with Crippen LogP contribution in [0.15, 0.2) is 30.5 Å². The van der Waals surface area contributed by atoms with E-state index in [1.165, 1.54) is 0 Å². The number of hydrogen-bond donors (Lipinski definition) is 0. The fourth-order valence-electron chi connectivity index (χ4n) is 3.75. The maximum absolute atomic E-state index is 13.1. The molecule has 8 heteroatoms. The molecule has 1 unspecified atom stereocenters. The predicted molar refractivity (Wildman–Crippen MR) is 96.0 cm³/mol. The largest absolute Gasteiger partial charge is 0.486 e. The third-order valence-electron chi connectivity index (χ3n) is 5.09. The number of carbonyl (C=O) groups is 1. The van der Waals surface area contributed by atoms with E-state index in [1.54, 1.807) is 10.7 Å². The van der Waals surface area contributed by atoms with Gasteiger partial charge in [-0.05, 0) is 43.5 Å². The first-order valence-electron chi connectivity index (χ1n) is 9.09. The summed E-state index contributed by atoms with van der Waals surface area (Å²) in [5, 5.41) is 4.36. The van der Waals surface area contributed by atoms with Gasteiger partial charge >= 0.3 is 0 Å². The number of carbonyl (C=O) groups excluding carboxylic acids is 1. The first-order chi connectivity index (χ1) is 13.2. The van der Waals surface area contributed by atoms with Crippen molar-refractivity contribution >= 4 is 11.7 Å². The average Bonchev–Trinajstić information content (AvgIpc) is 3.35. The zero-order valence-corrected chi connectivity index (χ0v) is 15.0. The summed E-state index contributed by atoms with van der Waals surface area (Å²) in [6.07, 6.45) is 3.51. The van der Waals surface area contributed by atoms with E-state index >= 15 is 0 Å². The number of likely N-dealkylation sites (tertiary alicyclic amines) is 1. The highest BCUT2D eigenvalue weighted by molar-refractivity contribution is 5.91. The van der Waals surface area contributed by atoms with Crippen LogP contribution in [0.25, 0.3) is 5.78 Å². The van der Waals surface area contributed by atoms with Gasteiger partial charge in [-0.15, -0.1) is 5.10 Å². The van der Waals surface area contributed by atoms with E-state index in [4.69, 9.17) is 9.47 Å². The van der Waals surface area contributed by atoms with Crippen LogP contribution in [0.5, 0.6) is 11.5 Å². The fourth-order valence-corrected chi connectivity index (χ4v) is 3.75. The number of nitrogens with zero attached hydrogens (tertiary/aromatic N) is 5. The molecule has 0 aliphatic carbocycles. The molecule has 1 fully saturated rings. The molecular weight excluding hydrogens is 346 g/mol. The Morgan fingerprint density at radius 3 is 2.89 bits per heavy atom. The molecule has 2 aliphatic rings. The molecule has 0 bridgehead atoms. The molecule has 3 aromatic rings. The normalized spacial score (nSPS) is 18.9. The van der Waals surface area contributed by atoms with Gasteiger partial charge < -0.3 is 14.4 Å². The van der Waals surface area contributed by atoms with Gasteiger partial charge in [0.15, 0.2) is 11.5 Å². The highest BCUT2D eigenvalue weighted by Gasteiger charge is 2.33. The Labute approximate surface area is 155 Å². The maximum Gasteiger partial charge on any atom is 0.294 e. The zero-order valence-electron chi connectivity index (χ0n) is 15.0. The SMILES string of the molecule is Cc1ccnc2nc(C(=O)N3CCCC3c3ccc4c(c3)OCCO4)nn12. The van der Waals surface area contributed by atoms with E-state index in [0.29, 0.717) is 25.5 Å². The van der Waals surface area contributed by atoms with Crippen molar-refractivity contribution in [1.82, 2.24) is 24.5 Å². The predicted octanol–water partition coefficient (Wildman–Crippen LogP) is 2.18. The lowest BCUT2D eigenvalue weighted by atomic mass is 10.0. The topological polar surface area (TPSA) is 81.9 Å². The standard InChI is InChI=1S/C19H19N5O3/c1-12-6-7-20-19-21-17(22-24(12)19)18(25)23-8-2-3-14(23)13-4-5-15-16(11-13)27-10-9-26-15/h4-7,11,14H,2-3,8-10H2,1H3. The number of fused-ring (bicyclic) bond motifs is 2. The van der Waals surface area contributed by atoms with Crippen LogP contribution in [0.3, 0.4) is 0 Å². The minimum absolute atomic E-state index is 0.0194. The summed E-state index contributed by atoms with van der Waals surface area (Å²) in [5.74, 6) is 1.94. The van der Waals surface area contributed by atoms with Crippen LogP contribution in [0, 0.1) is 6.92 Å². The van der Waals surface area contributed by atoms with E-state index in [0.717, 1.165) is 35.6 Å². The molecule has 27 heavy (non-hydrogen) atoms. The first kappa shape index (κ1) is 16.0. The molecule has 2 aliphatic heterocycles. The van der Waals surface area contributed by atoms with E-state index in [1.807, 2.05) is 36.1 Å². The summed E-state index contributed by atoms with van der Waals surface area (Å²) in [6, 6.07) is 7.72. The quantitative estimate of drug-likeness (QED) is 0.692. The van der Waals surface area contributed by atoms with Gasteiger partial charge in [0, 0.05) is 18.4 Å². The Balaban J connectivity index is 1.46. The number of amides is 1. The van der Waals surface area contributed by atoms with Crippen LogP contribution in [0.1, 0.15) is 40.8 Å². The second kappa shape index (κ2) is 6.22. The average molecular weight is 365 g/mol. The Morgan fingerprint density at radius 2 is 2.04 bits per heavy atom. The number of aryl methyl sites for hydroxylation is 1. The molecule has 1 amide bonds. The van der Waals surface area contributed by atoms with Crippen LogP contribution in [0.4, 0.5) is 0 Å². The molecule has 2 aromatic heterocycles. The molecule has 0 radical (unpaired) electrons. The molecule has 1 saturated heterocycles. The van der Waals surface area contributed by atoms with Crippen molar-refractivity contribution in [1.29, 1.82) is 0 Å². The molecule has 8 nitrogen and oxygen atoms in total. The van der Waals surface area contributed by atoms with Crippen molar-refractivity contribution in [2.24, 2.45) is 0 Å². The summed E-state index contributed by atoms with van der Waals surface area (Å²) in [4.78, 5) is 23.5. The molecule has 138 valence electrons. The van der Waals surface area contributed by atoms with Gasteiger partial charge in [-0.2, -0.15) is 4.98 Å². The smallest absolute Gasteiger partial charge is 0.294 e. The third-order valence-corrected chi connectivity index (χ3v) is 5.09. The maximum atomic E-state index is 13.1. The van der Waals surface area contributed by atoms with Gasteiger partial charge in [-0.25, -0.2) is 9.50 Å². The molecule has 0 spiro atoms. The van der Waals surface area contributed by atoms with Crippen LogP contribution < -0.4 is 9.47 Å². The summed E-state index contributed by atoms with van der Waals surface area (Å²) in [5.41, 5.74) is 1.93. The second-order valence-corrected chi connectivity index (χ2v) is 6.79. The van der Waals surface area contributed by atoms with E-state index in [-0.39, 0.29) is 17.8 Å². The molecule has 1 atom stereocenters. The fraction of sp³-hybridized carbons (Fsp3) is 0.368. The minimum atomic E-state index is -0.169. The van der Waals surface area contributed by atoms with E-state index in [9.17, 15) is 4.79 Å². The number of benzene rings is 1. The number of ether oxygens (including phenoxy) is 2. The van der Waals surface area contributed by atoms with Gasteiger partial charge in [-0.3, -0.25) is 4.79 Å². The van der Waals surface area contributed by atoms with Gasteiger partial charge in [0.2, 0.25) is 5.82 Å². The summed E-state index contributed by atoms with van der Waals surface area (Å²) in [7, 11) is 0. The first-order valence-corrected chi connectivity index (χ1v) is 9.09. The Hall–Kier alpha value is -3.16.